The maximum absolute atomic E-state index is 12.4. The molecule has 2 rings (SSSR count). The van der Waals surface area contributed by atoms with E-state index in [1.54, 1.807) is 20.9 Å². The molecule has 1 aromatic carbocycles. The van der Waals surface area contributed by atoms with Crippen molar-refractivity contribution in [3.63, 3.8) is 0 Å². The second-order valence-electron chi connectivity index (χ2n) is 6.28. The first-order chi connectivity index (χ1) is 12.8. The predicted octanol–water partition coefficient (Wildman–Crippen LogP) is 2.79. The van der Waals surface area contributed by atoms with Crippen molar-refractivity contribution in [3.05, 3.63) is 58.4 Å². The van der Waals surface area contributed by atoms with Gasteiger partial charge in [0.05, 0.1) is 18.7 Å². The number of benzene rings is 1. The highest BCUT2D eigenvalue weighted by Gasteiger charge is 2.25. The number of aromatic amines is 1. The highest BCUT2D eigenvalue weighted by Crippen LogP contribution is 2.20. The van der Waals surface area contributed by atoms with E-state index in [1.165, 1.54) is 12.0 Å². The Kier molecular flexibility index (Phi) is 6.39. The van der Waals surface area contributed by atoms with Crippen LogP contribution in [-0.4, -0.2) is 48.5 Å². The highest BCUT2D eigenvalue weighted by atomic mass is 16.5. The van der Waals surface area contributed by atoms with Crippen LogP contribution in [0, 0.1) is 13.8 Å². The van der Waals surface area contributed by atoms with Crippen LogP contribution in [0.5, 0.6) is 0 Å². The van der Waals surface area contributed by atoms with Gasteiger partial charge in [0, 0.05) is 12.7 Å². The van der Waals surface area contributed by atoms with E-state index in [4.69, 9.17) is 9.47 Å². The molecule has 1 N–H and O–H groups in total. The summed E-state index contributed by atoms with van der Waals surface area (Å²) in [6.07, 6.45) is 0. The molecule has 0 spiro atoms. The molecule has 0 bridgehead atoms. The van der Waals surface area contributed by atoms with Crippen molar-refractivity contribution in [2.75, 3.05) is 20.8 Å². The molecule has 7 nitrogen and oxygen atoms in total. The highest BCUT2D eigenvalue weighted by molar-refractivity contribution is 5.99. The third kappa shape index (κ3) is 4.36. The number of esters is 2. The summed E-state index contributed by atoms with van der Waals surface area (Å²) < 4.78 is 9.86. The van der Waals surface area contributed by atoms with Crippen LogP contribution in [0.15, 0.2) is 30.3 Å². The predicted molar refractivity (Wildman–Crippen MR) is 99.5 cm³/mol. The minimum absolute atomic E-state index is 0.138. The van der Waals surface area contributed by atoms with Crippen molar-refractivity contribution in [1.82, 2.24) is 9.88 Å². The van der Waals surface area contributed by atoms with Crippen LogP contribution in [0.25, 0.3) is 0 Å². The minimum atomic E-state index is -0.695. The Bertz CT molecular complexity index is 842. The zero-order valence-corrected chi connectivity index (χ0v) is 16.2. The second-order valence-corrected chi connectivity index (χ2v) is 6.28. The third-order valence-corrected chi connectivity index (χ3v) is 4.61. The van der Waals surface area contributed by atoms with Crippen LogP contribution in [0.2, 0.25) is 0 Å². The van der Waals surface area contributed by atoms with Crippen LogP contribution < -0.4 is 0 Å². The lowest BCUT2D eigenvalue weighted by atomic mass is 10.1. The lowest BCUT2D eigenvalue weighted by molar-refractivity contribution is -0.135. The minimum Gasteiger partial charge on any atom is -0.465 e. The summed E-state index contributed by atoms with van der Waals surface area (Å²) in [5, 5.41) is 0. The Morgan fingerprint density at radius 3 is 2.33 bits per heavy atom. The number of carbonyl (C=O) groups is 3. The standard InChI is InChI=1S/C20H24N2O5/c1-12-17(19(24)26-5)13(2)21-18(12)20(25)27-11-16(23)22(4)14(3)15-9-7-6-8-10-15/h6-10,14,21H,11H2,1-5H3. The Labute approximate surface area is 158 Å². The van der Waals surface area contributed by atoms with Gasteiger partial charge in [-0.1, -0.05) is 30.3 Å². The summed E-state index contributed by atoms with van der Waals surface area (Å²) in [6, 6.07) is 9.42. The van der Waals surface area contributed by atoms with Crippen LogP contribution in [0.4, 0.5) is 0 Å². The fourth-order valence-corrected chi connectivity index (χ4v) is 2.83. The van der Waals surface area contributed by atoms with Crippen LogP contribution in [0.1, 0.15) is 50.6 Å². The van der Waals surface area contributed by atoms with E-state index in [0.717, 1.165) is 5.56 Å². The van der Waals surface area contributed by atoms with Crippen LogP contribution in [0.3, 0.4) is 0 Å². The average Bonchev–Trinajstić information content (AvgIpc) is 2.98. The molecular weight excluding hydrogens is 348 g/mol. The number of likely N-dealkylation sites (N-methyl/N-ethyl adjacent to an activating group) is 1. The van der Waals surface area contributed by atoms with Gasteiger partial charge >= 0.3 is 11.9 Å². The number of ether oxygens (including phenoxy) is 2. The molecule has 2 aromatic rings. The van der Waals surface area contributed by atoms with Crippen LogP contribution >= 0.6 is 0 Å². The van der Waals surface area contributed by atoms with Crippen molar-refractivity contribution in [1.29, 1.82) is 0 Å². The van der Waals surface area contributed by atoms with E-state index in [0.29, 0.717) is 16.8 Å². The van der Waals surface area contributed by atoms with Crippen molar-refractivity contribution < 1.29 is 23.9 Å². The quantitative estimate of drug-likeness (QED) is 0.788. The molecule has 27 heavy (non-hydrogen) atoms. The van der Waals surface area contributed by atoms with Gasteiger partial charge in [-0.25, -0.2) is 9.59 Å². The number of nitrogens with one attached hydrogen (secondary N) is 1. The molecule has 0 radical (unpaired) electrons. The van der Waals surface area contributed by atoms with Crippen molar-refractivity contribution in [2.45, 2.75) is 26.8 Å². The first-order valence-electron chi connectivity index (χ1n) is 8.53. The van der Waals surface area contributed by atoms with E-state index in [2.05, 4.69) is 4.98 Å². The van der Waals surface area contributed by atoms with Gasteiger partial charge in [-0.3, -0.25) is 4.79 Å². The fourth-order valence-electron chi connectivity index (χ4n) is 2.83. The third-order valence-electron chi connectivity index (χ3n) is 4.61. The van der Waals surface area contributed by atoms with Gasteiger partial charge in [0.1, 0.15) is 5.69 Å². The van der Waals surface area contributed by atoms with Crippen LogP contribution in [-0.2, 0) is 14.3 Å². The molecule has 144 valence electrons. The number of H-pyrrole nitrogens is 1. The molecule has 1 atom stereocenters. The number of hydrogen-bond acceptors (Lipinski definition) is 5. The number of rotatable bonds is 6. The zero-order valence-electron chi connectivity index (χ0n) is 16.2. The molecule has 1 aromatic heterocycles. The smallest absolute Gasteiger partial charge is 0.355 e. The van der Waals surface area contributed by atoms with Gasteiger partial charge in [0.2, 0.25) is 0 Å². The Hall–Kier alpha value is -3.09. The fraction of sp³-hybridized carbons (Fsp3) is 0.350. The first-order valence-corrected chi connectivity index (χ1v) is 8.53. The molecule has 1 unspecified atom stereocenters. The average molecular weight is 372 g/mol. The molecule has 0 aliphatic heterocycles. The summed E-state index contributed by atoms with van der Waals surface area (Å²) in [4.78, 5) is 40.9. The summed E-state index contributed by atoms with van der Waals surface area (Å²) in [6.45, 7) is 4.79. The van der Waals surface area contributed by atoms with Crippen molar-refractivity contribution in [3.8, 4) is 0 Å². The maximum atomic E-state index is 12.4. The van der Waals surface area contributed by atoms with Gasteiger partial charge in [-0.2, -0.15) is 0 Å². The van der Waals surface area contributed by atoms with Gasteiger partial charge < -0.3 is 19.4 Å². The Balaban J connectivity index is 2.03. The SMILES string of the molecule is COC(=O)c1c(C)[nH]c(C(=O)OCC(=O)N(C)C(C)c2ccccc2)c1C. The number of methoxy groups -OCH3 is 1. The molecule has 1 amide bonds. The lowest BCUT2D eigenvalue weighted by Crippen LogP contribution is -2.33. The first kappa shape index (κ1) is 20.2. The van der Waals surface area contributed by atoms with Gasteiger partial charge in [0.25, 0.3) is 5.91 Å². The molecule has 0 aliphatic rings. The monoisotopic (exact) mass is 372 g/mol. The molecular formula is C20H24N2O5. The lowest BCUT2D eigenvalue weighted by Gasteiger charge is -2.25. The van der Waals surface area contributed by atoms with E-state index >= 15 is 0 Å². The summed E-state index contributed by atoms with van der Waals surface area (Å²) in [5.41, 5.74) is 2.36. The Morgan fingerprint density at radius 1 is 1.11 bits per heavy atom. The number of nitrogens with zero attached hydrogens (tertiary/aromatic N) is 1. The number of hydrogen-bond donors (Lipinski definition) is 1. The molecule has 0 saturated heterocycles. The molecule has 1 heterocycles. The number of amides is 1. The van der Waals surface area contributed by atoms with Gasteiger partial charge in [-0.15, -0.1) is 0 Å². The van der Waals surface area contributed by atoms with Gasteiger partial charge in [-0.05, 0) is 31.9 Å². The second kappa shape index (κ2) is 8.53. The molecule has 0 fully saturated rings. The van der Waals surface area contributed by atoms with E-state index in [-0.39, 0.29) is 17.6 Å². The normalized spacial score (nSPS) is 11.6. The summed E-state index contributed by atoms with van der Waals surface area (Å²) >= 11 is 0. The number of aryl methyl sites for hydroxylation is 1. The van der Waals surface area contributed by atoms with E-state index in [9.17, 15) is 14.4 Å². The molecule has 7 heteroatoms. The number of aromatic nitrogens is 1. The summed E-state index contributed by atoms with van der Waals surface area (Å²) in [7, 11) is 2.93. The van der Waals surface area contributed by atoms with Crippen molar-refractivity contribution in [2.24, 2.45) is 0 Å². The maximum Gasteiger partial charge on any atom is 0.355 e. The van der Waals surface area contributed by atoms with E-state index < -0.39 is 18.5 Å². The zero-order chi connectivity index (χ0) is 20.1. The number of carbonyl (C=O) groups excluding carboxylic acids is 3. The largest absolute Gasteiger partial charge is 0.465 e. The Morgan fingerprint density at radius 2 is 1.74 bits per heavy atom. The van der Waals surface area contributed by atoms with E-state index in [1.807, 2.05) is 37.3 Å². The molecule has 0 aliphatic carbocycles. The van der Waals surface area contributed by atoms with Gasteiger partial charge in [0.15, 0.2) is 6.61 Å². The summed E-state index contributed by atoms with van der Waals surface area (Å²) in [5.74, 6) is -1.55. The van der Waals surface area contributed by atoms with Crippen molar-refractivity contribution >= 4 is 17.8 Å². The molecule has 0 saturated carbocycles. The topological polar surface area (TPSA) is 88.7 Å².